The van der Waals surface area contributed by atoms with Gasteiger partial charge in [-0.3, -0.25) is 9.67 Å². The second kappa shape index (κ2) is 4.81. The highest BCUT2D eigenvalue weighted by molar-refractivity contribution is 5.52. The van der Waals surface area contributed by atoms with E-state index in [0.717, 1.165) is 23.1 Å². The second-order valence-corrected chi connectivity index (χ2v) is 4.58. The van der Waals surface area contributed by atoms with Gasteiger partial charge in [0.25, 0.3) is 0 Å². The van der Waals surface area contributed by atoms with Crippen LogP contribution in [-0.4, -0.2) is 29.5 Å². The Bertz CT molecular complexity index is 687. The average molecular weight is 257 g/mol. The van der Waals surface area contributed by atoms with Gasteiger partial charge in [0, 0.05) is 31.2 Å². The first-order valence-corrected chi connectivity index (χ1v) is 6.17. The summed E-state index contributed by atoms with van der Waals surface area (Å²) in [5.74, 6) is 0. The number of fused-ring (bicyclic) bond motifs is 1. The molecule has 0 saturated heterocycles. The van der Waals surface area contributed by atoms with Crippen molar-refractivity contribution in [2.75, 3.05) is 0 Å². The van der Waals surface area contributed by atoms with Gasteiger partial charge in [0.2, 0.25) is 0 Å². The number of hydrogen-bond acceptors (Lipinski definition) is 4. The van der Waals surface area contributed by atoms with Gasteiger partial charge < -0.3 is 5.11 Å². The summed E-state index contributed by atoms with van der Waals surface area (Å²) >= 11 is 0. The topological polar surface area (TPSA) is 68.2 Å². The molecule has 0 bridgehead atoms. The van der Waals surface area contributed by atoms with E-state index in [4.69, 9.17) is 0 Å². The minimum Gasteiger partial charge on any atom is -0.388 e. The van der Waals surface area contributed by atoms with Crippen LogP contribution < -0.4 is 0 Å². The molecule has 0 radical (unpaired) electrons. The van der Waals surface area contributed by atoms with E-state index in [2.05, 4.69) is 15.2 Å². The van der Waals surface area contributed by atoms with Gasteiger partial charge in [-0.05, 0) is 18.4 Å². The third kappa shape index (κ3) is 2.34. The fourth-order valence-electron chi connectivity index (χ4n) is 2.17. The molecule has 0 aliphatic heterocycles. The van der Waals surface area contributed by atoms with Crippen LogP contribution in [0.15, 0.2) is 37.2 Å². The molecular formula is C13H15N5O. The Labute approximate surface area is 110 Å². The lowest BCUT2D eigenvalue weighted by atomic mass is 10.0. The Kier molecular flexibility index (Phi) is 3.00. The lowest BCUT2D eigenvalue weighted by Gasteiger charge is -2.07. The molecule has 0 spiro atoms. The Morgan fingerprint density at radius 1 is 1.26 bits per heavy atom. The molecule has 0 aliphatic rings. The summed E-state index contributed by atoms with van der Waals surface area (Å²) in [4.78, 5) is 4.06. The molecule has 1 atom stereocenters. The number of rotatable bonds is 4. The molecule has 0 aliphatic carbocycles. The standard InChI is InChI=1S/C13H15N5O/c1-17-9-10(6-15-17)2-3-13(19)11-7-16-18-5-4-14-8-12(11)18/h4-9,13,19H,2-3H2,1H3. The van der Waals surface area contributed by atoms with Crippen molar-refractivity contribution in [2.24, 2.45) is 7.05 Å². The van der Waals surface area contributed by atoms with Crippen LogP contribution in [0.3, 0.4) is 0 Å². The lowest BCUT2D eigenvalue weighted by molar-refractivity contribution is 0.169. The Hall–Kier alpha value is -2.21. The summed E-state index contributed by atoms with van der Waals surface area (Å²) in [6.07, 6.45) is 11.5. The molecule has 6 nitrogen and oxygen atoms in total. The van der Waals surface area contributed by atoms with E-state index < -0.39 is 6.10 Å². The normalized spacial score (nSPS) is 12.9. The van der Waals surface area contributed by atoms with Crippen molar-refractivity contribution in [2.45, 2.75) is 18.9 Å². The van der Waals surface area contributed by atoms with Crippen LogP contribution in [0, 0.1) is 0 Å². The molecule has 98 valence electrons. The van der Waals surface area contributed by atoms with E-state index in [1.165, 1.54) is 0 Å². The predicted molar refractivity (Wildman–Crippen MR) is 69.5 cm³/mol. The van der Waals surface area contributed by atoms with Crippen molar-refractivity contribution >= 4 is 5.52 Å². The molecule has 1 unspecified atom stereocenters. The molecule has 3 rings (SSSR count). The van der Waals surface area contributed by atoms with Gasteiger partial charge in [0.05, 0.1) is 30.2 Å². The fourth-order valence-corrected chi connectivity index (χ4v) is 2.17. The van der Waals surface area contributed by atoms with Crippen LogP contribution in [0.5, 0.6) is 0 Å². The molecule has 0 aromatic carbocycles. The number of aryl methyl sites for hydroxylation is 2. The zero-order chi connectivity index (χ0) is 13.2. The summed E-state index contributed by atoms with van der Waals surface area (Å²) in [7, 11) is 1.89. The summed E-state index contributed by atoms with van der Waals surface area (Å²) in [6, 6.07) is 0. The molecular weight excluding hydrogens is 242 g/mol. The molecule has 19 heavy (non-hydrogen) atoms. The largest absolute Gasteiger partial charge is 0.388 e. The van der Waals surface area contributed by atoms with Crippen molar-refractivity contribution in [1.82, 2.24) is 24.4 Å². The van der Waals surface area contributed by atoms with E-state index in [1.54, 1.807) is 34.0 Å². The fraction of sp³-hybridized carbons (Fsp3) is 0.308. The lowest BCUT2D eigenvalue weighted by Crippen LogP contribution is -1.99. The van der Waals surface area contributed by atoms with Crippen molar-refractivity contribution in [3.8, 4) is 0 Å². The number of aromatic nitrogens is 5. The Balaban J connectivity index is 1.75. The first kappa shape index (κ1) is 11.9. The van der Waals surface area contributed by atoms with E-state index in [1.807, 2.05) is 19.4 Å². The zero-order valence-electron chi connectivity index (χ0n) is 10.6. The van der Waals surface area contributed by atoms with Crippen LogP contribution in [0.2, 0.25) is 0 Å². The quantitative estimate of drug-likeness (QED) is 0.760. The van der Waals surface area contributed by atoms with Gasteiger partial charge in [0.15, 0.2) is 0 Å². The van der Waals surface area contributed by atoms with E-state index in [0.29, 0.717) is 6.42 Å². The molecule has 3 aromatic heterocycles. The van der Waals surface area contributed by atoms with Crippen LogP contribution in [-0.2, 0) is 13.5 Å². The summed E-state index contributed by atoms with van der Waals surface area (Å²) in [5, 5.41) is 18.6. The Morgan fingerprint density at radius 2 is 2.16 bits per heavy atom. The van der Waals surface area contributed by atoms with Gasteiger partial charge in [-0.1, -0.05) is 0 Å². The van der Waals surface area contributed by atoms with Gasteiger partial charge in [-0.25, -0.2) is 4.52 Å². The predicted octanol–water partition coefficient (Wildman–Crippen LogP) is 1.13. The molecule has 3 aromatic rings. The molecule has 0 amide bonds. The van der Waals surface area contributed by atoms with Crippen molar-refractivity contribution in [3.05, 3.63) is 48.3 Å². The smallest absolute Gasteiger partial charge is 0.0902 e. The number of aliphatic hydroxyl groups is 1. The molecule has 1 N–H and O–H groups in total. The number of hydrogen-bond donors (Lipinski definition) is 1. The second-order valence-electron chi connectivity index (χ2n) is 4.58. The SMILES string of the molecule is Cn1cc(CCC(O)c2cnn3ccncc23)cn1. The highest BCUT2D eigenvalue weighted by Gasteiger charge is 2.14. The zero-order valence-corrected chi connectivity index (χ0v) is 10.6. The van der Waals surface area contributed by atoms with Crippen molar-refractivity contribution < 1.29 is 5.11 Å². The maximum Gasteiger partial charge on any atom is 0.0902 e. The highest BCUT2D eigenvalue weighted by Crippen LogP contribution is 2.22. The van der Waals surface area contributed by atoms with Crippen LogP contribution in [0.25, 0.3) is 5.52 Å². The molecule has 0 saturated carbocycles. The van der Waals surface area contributed by atoms with Crippen LogP contribution >= 0.6 is 0 Å². The first-order chi connectivity index (χ1) is 9.24. The molecule has 3 heterocycles. The average Bonchev–Trinajstić information content (AvgIpc) is 3.02. The summed E-state index contributed by atoms with van der Waals surface area (Å²) < 4.78 is 3.48. The van der Waals surface area contributed by atoms with Crippen molar-refractivity contribution in [3.63, 3.8) is 0 Å². The maximum absolute atomic E-state index is 10.3. The molecule has 6 heteroatoms. The summed E-state index contributed by atoms with van der Waals surface area (Å²) in [6.45, 7) is 0. The van der Waals surface area contributed by atoms with Gasteiger partial charge in [-0.2, -0.15) is 10.2 Å². The highest BCUT2D eigenvalue weighted by atomic mass is 16.3. The van der Waals surface area contributed by atoms with E-state index in [9.17, 15) is 5.11 Å². The summed E-state index contributed by atoms with van der Waals surface area (Å²) in [5.41, 5.74) is 2.79. The third-order valence-corrected chi connectivity index (χ3v) is 3.18. The van der Waals surface area contributed by atoms with Crippen LogP contribution in [0.4, 0.5) is 0 Å². The van der Waals surface area contributed by atoms with E-state index >= 15 is 0 Å². The number of aliphatic hydroxyl groups excluding tert-OH is 1. The van der Waals surface area contributed by atoms with E-state index in [-0.39, 0.29) is 0 Å². The van der Waals surface area contributed by atoms with Gasteiger partial charge in [-0.15, -0.1) is 0 Å². The monoisotopic (exact) mass is 257 g/mol. The number of nitrogens with zero attached hydrogens (tertiary/aromatic N) is 5. The van der Waals surface area contributed by atoms with Crippen molar-refractivity contribution in [1.29, 1.82) is 0 Å². The molecule has 0 fully saturated rings. The maximum atomic E-state index is 10.3. The van der Waals surface area contributed by atoms with Gasteiger partial charge >= 0.3 is 0 Å². The first-order valence-electron chi connectivity index (χ1n) is 6.17. The minimum absolute atomic E-state index is 0.540. The van der Waals surface area contributed by atoms with Crippen LogP contribution in [0.1, 0.15) is 23.7 Å². The van der Waals surface area contributed by atoms with Gasteiger partial charge in [0.1, 0.15) is 0 Å². The Morgan fingerprint density at radius 3 is 2.95 bits per heavy atom. The minimum atomic E-state index is -0.540. The third-order valence-electron chi connectivity index (χ3n) is 3.18.